The van der Waals surface area contributed by atoms with E-state index >= 15 is 0 Å². The molecule has 1 atom stereocenters. The molecule has 11 heteroatoms. The van der Waals surface area contributed by atoms with E-state index in [0.717, 1.165) is 18.2 Å². The number of phenolic OH excluding ortho intramolecular Hbond substituents is 4. The van der Waals surface area contributed by atoms with Crippen molar-refractivity contribution in [2.45, 2.75) is 12.3 Å². The largest absolute Gasteiger partial charge is 0.507 e. The van der Waals surface area contributed by atoms with E-state index in [1.807, 2.05) is 0 Å². The molecular weight excluding hydrogens is 500 g/mol. The monoisotopic (exact) mass is 524 g/mol. The molecule has 1 unspecified atom stereocenters. The third-order valence-electron chi connectivity index (χ3n) is 6.14. The Hall–Kier alpha value is -5.06. The van der Waals surface area contributed by atoms with Crippen molar-refractivity contribution in [3.05, 3.63) is 63.8 Å². The highest BCUT2D eigenvalue weighted by Crippen LogP contribution is 2.47. The molecule has 1 aromatic heterocycles. The van der Waals surface area contributed by atoms with Crippen LogP contribution in [0.4, 0.5) is 0 Å². The average Bonchev–Trinajstić information content (AvgIpc) is 2.90. The third kappa shape index (κ3) is 4.45. The van der Waals surface area contributed by atoms with Crippen LogP contribution < -0.4 is 14.9 Å². The van der Waals surface area contributed by atoms with E-state index in [-0.39, 0.29) is 28.9 Å². The number of ether oxygens (including phenoxy) is 3. The molecule has 0 spiro atoms. The molecule has 0 aliphatic heterocycles. The molecule has 38 heavy (non-hydrogen) atoms. The fourth-order valence-electron chi connectivity index (χ4n) is 4.27. The van der Waals surface area contributed by atoms with Gasteiger partial charge in [-0.25, -0.2) is 0 Å². The first kappa shape index (κ1) is 26.0. The summed E-state index contributed by atoms with van der Waals surface area (Å²) in [5.74, 6) is -4.45. The standard InChI is InChI=1S/C27H24O11/c1-35-13-5-6-14(20(9-13)36-2)15(10-21(32)37-3)22-18(30)11-19(31)23-24(33)25(34)26(38-27(22)23)12-4-7-16(28)17(29)8-12/h4-9,11,15,28-31,34H,10H2,1-3H3. The number of phenols is 4. The van der Waals surface area contributed by atoms with Gasteiger partial charge in [0, 0.05) is 34.7 Å². The summed E-state index contributed by atoms with van der Waals surface area (Å²) < 4.78 is 21.5. The Morgan fingerprint density at radius 2 is 1.61 bits per heavy atom. The Kier molecular flexibility index (Phi) is 6.94. The first-order valence-electron chi connectivity index (χ1n) is 11.2. The van der Waals surface area contributed by atoms with Gasteiger partial charge < -0.3 is 44.2 Å². The van der Waals surface area contributed by atoms with Gasteiger partial charge in [-0.3, -0.25) is 9.59 Å². The number of esters is 1. The number of benzene rings is 3. The Bertz CT molecular complexity index is 1600. The SMILES string of the molecule is COC(=O)CC(c1ccc(OC)cc1OC)c1c(O)cc(O)c2c(=O)c(O)c(-c3ccc(O)c(O)c3)oc12. The maximum Gasteiger partial charge on any atom is 0.306 e. The van der Waals surface area contributed by atoms with Crippen molar-refractivity contribution >= 4 is 16.9 Å². The smallest absolute Gasteiger partial charge is 0.306 e. The topological polar surface area (TPSA) is 176 Å². The summed E-state index contributed by atoms with van der Waals surface area (Å²) in [6, 6.07) is 9.12. The number of rotatable bonds is 7. The quantitative estimate of drug-likeness (QED) is 0.176. The van der Waals surface area contributed by atoms with Crippen LogP contribution >= 0.6 is 0 Å². The Balaban J connectivity index is 2.10. The number of carbonyl (C=O) groups is 1. The predicted octanol–water partition coefficient (Wildman–Crippen LogP) is 3.70. The van der Waals surface area contributed by atoms with E-state index < -0.39 is 57.2 Å². The van der Waals surface area contributed by atoms with Crippen molar-refractivity contribution in [3.63, 3.8) is 0 Å². The van der Waals surface area contributed by atoms with E-state index in [9.17, 15) is 35.1 Å². The summed E-state index contributed by atoms with van der Waals surface area (Å²) in [5, 5.41) is 51.3. The van der Waals surface area contributed by atoms with Crippen LogP contribution in [-0.2, 0) is 9.53 Å². The van der Waals surface area contributed by atoms with Crippen LogP contribution in [0.5, 0.6) is 40.2 Å². The van der Waals surface area contributed by atoms with Crippen molar-refractivity contribution < 1.29 is 49.0 Å². The van der Waals surface area contributed by atoms with Gasteiger partial charge in [-0.05, 0) is 24.3 Å². The van der Waals surface area contributed by atoms with Crippen LogP contribution in [-0.4, -0.2) is 52.8 Å². The first-order valence-corrected chi connectivity index (χ1v) is 11.2. The lowest BCUT2D eigenvalue weighted by Gasteiger charge is -2.22. The maximum absolute atomic E-state index is 13.2. The molecule has 0 bridgehead atoms. The van der Waals surface area contributed by atoms with E-state index in [0.29, 0.717) is 11.3 Å². The second-order valence-electron chi connectivity index (χ2n) is 8.29. The van der Waals surface area contributed by atoms with Crippen LogP contribution in [0.2, 0.25) is 0 Å². The van der Waals surface area contributed by atoms with Crippen molar-refractivity contribution in [2.75, 3.05) is 21.3 Å². The van der Waals surface area contributed by atoms with Gasteiger partial charge in [0.15, 0.2) is 17.3 Å². The highest BCUT2D eigenvalue weighted by atomic mass is 16.5. The number of methoxy groups -OCH3 is 3. The van der Waals surface area contributed by atoms with Crippen LogP contribution in [0.25, 0.3) is 22.3 Å². The highest BCUT2D eigenvalue weighted by molar-refractivity contribution is 5.92. The molecule has 11 nitrogen and oxygen atoms in total. The minimum atomic E-state index is -1.04. The zero-order valence-corrected chi connectivity index (χ0v) is 20.5. The molecule has 4 aromatic rings. The normalized spacial score (nSPS) is 11.8. The van der Waals surface area contributed by atoms with Gasteiger partial charge in [0.1, 0.15) is 34.0 Å². The van der Waals surface area contributed by atoms with Crippen LogP contribution in [0, 0.1) is 0 Å². The van der Waals surface area contributed by atoms with Gasteiger partial charge in [-0.1, -0.05) is 6.07 Å². The molecule has 0 aliphatic carbocycles. The van der Waals surface area contributed by atoms with E-state index in [4.69, 9.17) is 18.6 Å². The fourth-order valence-corrected chi connectivity index (χ4v) is 4.27. The van der Waals surface area contributed by atoms with Crippen LogP contribution in [0.1, 0.15) is 23.5 Å². The lowest BCUT2D eigenvalue weighted by atomic mass is 9.85. The third-order valence-corrected chi connectivity index (χ3v) is 6.14. The zero-order valence-electron chi connectivity index (χ0n) is 20.5. The zero-order chi connectivity index (χ0) is 27.7. The van der Waals surface area contributed by atoms with E-state index in [1.165, 1.54) is 27.4 Å². The number of hydrogen-bond acceptors (Lipinski definition) is 11. The van der Waals surface area contributed by atoms with E-state index in [1.54, 1.807) is 18.2 Å². The summed E-state index contributed by atoms with van der Waals surface area (Å²) in [4.78, 5) is 25.7. The summed E-state index contributed by atoms with van der Waals surface area (Å²) in [6.07, 6.45) is -0.341. The Morgan fingerprint density at radius 3 is 2.24 bits per heavy atom. The Labute approximate surface area is 215 Å². The van der Waals surface area contributed by atoms with Crippen molar-refractivity contribution in [2.24, 2.45) is 0 Å². The molecule has 198 valence electrons. The second-order valence-corrected chi connectivity index (χ2v) is 8.29. The summed E-state index contributed by atoms with van der Waals surface area (Å²) in [5.41, 5.74) is -1.04. The number of aromatic hydroxyl groups is 5. The van der Waals surface area contributed by atoms with Crippen LogP contribution in [0.3, 0.4) is 0 Å². The van der Waals surface area contributed by atoms with Gasteiger partial charge >= 0.3 is 5.97 Å². The molecule has 5 N–H and O–H groups in total. The number of hydrogen-bond donors (Lipinski definition) is 5. The van der Waals surface area contributed by atoms with Gasteiger partial charge in [0.2, 0.25) is 11.2 Å². The minimum absolute atomic E-state index is 0.0112. The van der Waals surface area contributed by atoms with Crippen molar-refractivity contribution in [3.8, 4) is 51.6 Å². The molecule has 0 saturated carbocycles. The number of fused-ring (bicyclic) bond motifs is 1. The van der Waals surface area contributed by atoms with Crippen molar-refractivity contribution in [1.82, 2.24) is 0 Å². The first-order chi connectivity index (χ1) is 18.1. The molecule has 4 rings (SSSR count). The summed E-state index contributed by atoms with van der Waals surface area (Å²) >= 11 is 0. The van der Waals surface area contributed by atoms with Gasteiger partial charge in [0.05, 0.1) is 27.8 Å². The lowest BCUT2D eigenvalue weighted by Crippen LogP contribution is -2.13. The summed E-state index contributed by atoms with van der Waals surface area (Å²) in [7, 11) is 4.05. The van der Waals surface area contributed by atoms with Gasteiger partial charge in [-0.15, -0.1) is 0 Å². The molecule has 0 radical (unpaired) electrons. The molecule has 3 aromatic carbocycles. The average molecular weight is 524 g/mol. The van der Waals surface area contributed by atoms with Gasteiger partial charge in [0.25, 0.3) is 0 Å². The molecular formula is C27H24O11. The van der Waals surface area contributed by atoms with E-state index in [2.05, 4.69) is 0 Å². The molecule has 0 aliphatic rings. The predicted molar refractivity (Wildman–Crippen MR) is 134 cm³/mol. The van der Waals surface area contributed by atoms with Gasteiger partial charge in [-0.2, -0.15) is 0 Å². The maximum atomic E-state index is 13.2. The highest BCUT2D eigenvalue weighted by Gasteiger charge is 2.31. The molecule has 0 fully saturated rings. The lowest BCUT2D eigenvalue weighted by molar-refractivity contribution is -0.140. The van der Waals surface area contributed by atoms with Crippen molar-refractivity contribution in [1.29, 1.82) is 0 Å². The Morgan fingerprint density at radius 1 is 0.868 bits per heavy atom. The fraction of sp³-hybridized carbons (Fsp3) is 0.185. The van der Waals surface area contributed by atoms with Crippen LogP contribution in [0.15, 0.2) is 51.7 Å². The number of carbonyl (C=O) groups excluding carboxylic acids is 1. The summed E-state index contributed by atoms with van der Waals surface area (Å²) in [6.45, 7) is 0. The molecule has 0 saturated heterocycles. The minimum Gasteiger partial charge on any atom is -0.507 e. The molecule has 0 amide bonds. The second kappa shape index (κ2) is 10.1. The molecule has 1 heterocycles.